The van der Waals surface area contributed by atoms with Crippen molar-refractivity contribution in [3.05, 3.63) is 95.8 Å². The molecule has 140 valence electrons. The number of H-pyrrole nitrogens is 1. The Morgan fingerprint density at radius 3 is 2.61 bits per heavy atom. The first-order valence-corrected chi connectivity index (χ1v) is 9.15. The summed E-state index contributed by atoms with van der Waals surface area (Å²) in [5.74, 6) is 0.362. The maximum atomic E-state index is 12.6. The molecule has 1 unspecified atom stereocenters. The molecule has 2 aromatic heterocycles. The Labute approximate surface area is 163 Å². The lowest BCUT2D eigenvalue weighted by Crippen LogP contribution is -2.29. The zero-order valence-corrected chi connectivity index (χ0v) is 15.6. The third-order valence-electron chi connectivity index (χ3n) is 4.87. The van der Waals surface area contributed by atoms with E-state index >= 15 is 0 Å². The van der Waals surface area contributed by atoms with Gasteiger partial charge in [-0.1, -0.05) is 48.5 Å². The SMILES string of the molecule is COc1ccc(C(=O)NCC(c2ccccc2)c2c[nH]c3ccccc23)cn1. The number of rotatable bonds is 6. The summed E-state index contributed by atoms with van der Waals surface area (Å²) in [6.45, 7) is 0.483. The van der Waals surface area contributed by atoms with Gasteiger partial charge in [0.05, 0.1) is 12.7 Å². The highest BCUT2D eigenvalue weighted by Gasteiger charge is 2.19. The van der Waals surface area contributed by atoms with Crippen molar-refractivity contribution in [2.24, 2.45) is 0 Å². The number of para-hydroxylation sites is 1. The summed E-state index contributed by atoms with van der Waals surface area (Å²) < 4.78 is 5.05. The van der Waals surface area contributed by atoms with Crippen molar-refractivity contribution >= 4 is 16.8 Å². The van der Waals surface area contributed by atoms with Crippen LogP contribution in [0.15, 0.2) is 79.1 Å². The monoisotopic (exact) mass is 371 g/mol. The predicted molar refractivity (Wildman–Crippen MR) is 110 cm³/mol. The lowest BCUT2D eigenvalue weighted by molar-refractivity contribution is 0.0952. The number of amides is 1. The molecular weight excluding hydrogens is 350 g/mol. The van der Waals surface area contributed by atoms with Crippen LogP contribution in [0.5, 0.6) is 5.88 Å². The summed E-state index contributed by atoms with van der Waals surface area (Å²) in [5.41, 5.74) is 3.91. The van der Waals surface area contributed by atoms with Crippen LogP contribution in [-0.2, 0) is 0 Å². The van der Waals surface area contributed by atoms with E-state index in [1.165, 1.54) is 6.20 Å². The molecule has 4 rings (SSSR count). The number of pyridine rings is 1. The minimum atomic E-state index is -0.157. The fourth-order valence-electron chi connectivity index (χ4n) is 3.41. The van der Waals surface area contributed by atoms with Crippen LogP contribution in [-0.4, -0.2) is 29.5 Å². The summed E-state index contributed by atoms with van der Waals surface area (Å²) in [6, 6.07) is 21.8. The first-order valence-electron chi connectivity index (χ1n) is 9.15. The van der Waals surface area contributed by atoms with Gasteiger partial charge in [0.25, 0.3) is 5.91 Å². The van der Waals surface area contributed by atoms with Gasteiger partial charge in [0, 0.05) is 41.8 Å². The molecule has 1 atom stereocenters. The molecule has 0 aliphatic carbocycles. The maximum absolute atomic E-state index is 12.6. The highest BCUT2D eigenvalue weighted by molar-refractivity contribution is 5.94. The van der Waals surface area contributed by atoms with E-state index in [4.69, 9.17) is 4.74 Å². The lowest BCUT2D eigenvalue weighted by atomic mass is 9.91. The number of fused-ring (bicyclic) bond motifs is 1. The first kappa shape index (κ1) is 17.8. The summed E-state index contributed by atoms with van der Waals surface area (Å²) >= 11 is 0. The number of aromatic amines is 1. The number of aromatic nitrogens is 2. The number of hydrogen-bond donors (Lipinski definition) is 2. The van der Waals surface area contributed by atoms with Crippen molar-refractivity contribution in [2.75, 3.05) is 13.7 Å². The fraction of sp³-hybridized carbons (Fsp3) is 0.130. The Morgan fingerprint density at radius 1 is 1.07 bits per heavy atom. The van der Waals surface area contributed by atoms with Crippen LogP contribution in [0.2, 0.25) is 0 Å². The molecular formula is C23H21N3O2. The fourth-order valence-corrected chi connectivity index (χ4v) is 3.41. The summed E-state index contributed by atoms with van der Waals surface area (Å²) in [4.78, 5) is 20.1. The van der Waals surface area contributed by atoms with Crippen LogP contribution in [0.3, 0.4) is 0 Å². The van der Waals surface area contributed by atoms with Gasteiger partial charge >= 0.3 is 0 Å². The van der Waals surface area contributed by atoms with E-state index in [2.05, 4.69) is 39.6 Å². The van der Waals surface area contributed by atoms with E-state index in [-0.39, 0.29) is 11.8 Å². The second-order valence-electron chi connectivity index (χ2n) is 6.55. The van der Waals surface area contributed by atoms with Crippen LogP contribution >= 0.6 is 0 Å². The summed E-state index contributed by atoms with van der Waals surface area (Å²) in [6.07, 6.45) is 3.56. The zero-order valence-electron chi connectivity index (χ0n) is 15.6. The molecule has 0 aliphatic heterocycles. The van der Waals surface area contributed by atoms with Gasteiger partial charge in [-0.25, -0.2) is 4.98 Å². The van der Waals surface area contributed by atoms with Gasteiger partial charge in [0.2, 0.25) is 5.88 Å². The van der Waals surface area contributed by atoms with E-state index in [1.54, 1.807) is 19.2 Å². The van der Waals surface area contributed by atoms with Crippen LogP contribution < -0.4 is 10.1 Å². The van der Waals surface area contributed by atoms with Crippen molar-refractivity contribution in [2.45, 2.75) is 5.92 Å². The van der Waals surface area contributed by atoms with E-state index in [1.807, 2.05) is 36.5 Å². The van der Waals surface area contributed by atoms with Crippen LogP contribution in [0.4, 0.5) is 0 Å². The van der Waals surface area contributed by atoms with Gasteiger partial charge < -0.3 is 15.0 Å². The summed E-state index contributed by atoms with van der Waals surface area (Å²) in [5, 5.41) is 4.22. The van der Waals surface area contributed by atoms with Crippen molar-refractivity contribution in [3.63, 3.8) is 0 Å². The number of methoxy groups -OCH3 is 1. The van der Waals surface area contributed by atoms with Crippen molar-refractivity contribution in [1.82, 2.24) is 15.3 Å². The highest BCUT2D eigenvalue weighted by Crippen LogP contribution is 2.30. The molecule has 0 spiro atoms. The van der Waals surface area contributed by atoms with Crippen molar-refractivity contribution in [1.29, 1.82) is 0 Å². The average Bonchev–Trinajstić information content (AvgIpc) is 3.19. The van der Waals surface area contributed by atoms with E-state index in [0.29, 0.717) is 18.0 Å². The highest BCUT2D eigenvalue weighted by atomic mass is 16.5. The van der Waals surface area contributed by atoms with E-state index < -0.39 is 0 Å². The Hall–Kier alpha value is -3.60. The molecule has 0 radical (unpaired) electrons. The van der Waals surface area contributed by atoms with Gasteiger partial charge in [-0.2, -0.15) is 0 Å². The van der Waals surface area contributed by atoms with Crippen molar-refractivity contribution < 1.29 is 9.53 Å². The number of carbonyl (C=O) groups excluding carboxylic acids is 1. The van der Waals surface area contributed by atoms with Crippen LogP contribution in [0, 0.1) is 0 Å². The topological polar surface area (TPSA) is 67.0 Å². The molecule has 0 saturated carbocycles. The van der Waals surface area contributed by atoms with Gasteiger partial charge in [-0.3, -0.25) is 4.79 Å². The minimum Gasteiger partial charge on any atom is -0.481 e. The third-order valence-corrected chi connectivity index (χ3v) is 4.87. The molecule has 2 N–H and O–H groups in total. The molecule has 2 aromatic carbocycles. The number of benzene rings is 2. The molecule has 0 saturated heterocycles. The standard InChI is InChI=1S/C23H21N3O2/c1-28-22-12-11-17(13-25-22)23(27)26-14-19(16-7-3-2-4-8-16)20-15-24-21-10-6-5-9-18(20)21/h2-13,15,19,24H,14H2,1H3,(H,26,27). The molecule has 0 bridgehead atoms. The van der Waals surface area contributed by atoms with Gasteiger partial charge in [-0.05, 0) is 23.3 Å². The molecule has 4 aromatic rings. The second kappa shape index (κ2) is 7.96. The number of nitrogens with zero attached hydrogens (tertiary/aromatic N) is 1. The van der Waals surface area contributed by atoms with Gasteiger partial charge in [0.1, 0.15) is 0 Å². The smallest absolute Gasteiger partial charge is 0.252 e. The van der Waals surface area contributed by atoms with Crippen molar-refractivity contribution in [3.8, 4) is 5.88 Å². The number of hydrogen-bond acceptors (Lipinski definition) is 3. The quantitative estimate of drug-likeness (QED) is 0.535. The normalized spacial score (nSPS) is 11.9. The number of carbonyl (C=O) groups is 1. The Morgan fingerprint density at radius 2 is 1.86 bits per heavy atom. The Balaban J connectivity index is 1.60. The molecule has 5 nitrogen and oxygen atoms in total. The lowest BCUT2D eigenvalue weighted by Gasteiger charge is -2.18. The third kappa shape index (κ3) is 3.60. The minimum absolute atomic E-state index is 0.0347. The zero-order chi connectivity index (χ0) is 19.3. The largest absolute Gasteiger partial charge is 0.481 e. The predicted octanol–water partition coefficient (Wildman–Crippen LogP) is 4.13. The molecule has 0 fully saturated rings. The molecule has 1 amide bonds. The van der Waals surface area contributed by atoms with Crippen LogP contribution in [0.1, 0.15) is 27.4 Å². The second-order valence-corrected chi connectivity index (χ2v) is 6.55. The maximum Gasteiger partial charge on any atom is 0.252 e. The van der Waals surface area contributed by atoms with Gasteiger partial charge in [-0.15, -0.1) is 0 Å². The number of ether oxygens (including phenoxy) is 1. The number of nitrogens with one attached hydrogen (secondary N) is 2. The van der Waals surface area contributed by atoms with Gasteiger partial charge in [0.15, 0.2) is 0 Å². The first-order chi connectivity index (χ1) is 13.8. The van der Waals surface area contributed by atoms with E-state index in [9.17, 15) is 4.79 Å². The molecule has 0 aliphatic rings. The Bertz CT molecular complexity index is 1070. The average molecular weight is 371 g/mol. The molecule has 28 heavy (non-hydrogen) atoms. The molecule has 2 heterocycles. The summed E-state index contributed by atoms with van der Waals surface area (Å²) in [7, 11) is 1.55. The van der Waals surface area contributed by atoms with Crippen LogP contribution in [0.25, 0.3) is 10.9 Å². The Kier molecular flexibility index (Phi) is 5.06. The van der Waals surface area contributed by atoms with E-state index in [0.717, 1.165) is 22.0 Å². The molecule has 5 heteroatoms.